The van der Waals surface area contributed by atoms with Crippen molar-refractivity contribution in [1.82, 2.24) is 39.0 Å². The van der Waals surface area contributed by atoms with Gasteiger partial charge in [0.15, 0.2) is 58.8 Å². The maximum atomic E-state index is 15.2. The SMILES string of the molecule is O=[PH](S)O[C@@H]1[C@@H](CO)OC(n2cnc3c(NC/C=C/CCNc4ncnc5c4ncn5[C@@H]4OC(CO)[C@@H](O[PH](=O)S)[C@H]4F)ncnc32)[C@@H]1F. The zero-order valence-electron chi connectivity index (χ0n) is 25.2. The summed E-state index contributed by atoms with van der Waals surface area (Å²) in [5.74, 6) is 0.815. The number of aromatic nitrogens is 8. The van der Waals surface area contributed by atoms with Crippen molar-refractivity contribution >= 4 is 72.9 Å². The molecular formula is C25H32F2N10O8P2S2. The van der Waals surface area contributed by atoms with Crippen LogP contribution in [0.25, 0.3) is 22.3 Å². The molecule has 4 aromatic heterocycles. The lowest BCUT2D eigenvalue weighted by Crippen LogP contribution is -2.31. The molecule has 4 unspecified atom stereocenters. The molecule has 0 aromatic carbocycles. The summed E-state index contributed by atoms with van der Waals surface area (Å²) in [6.45, 7) is -0.245. The van der Waals surface area contributed by atoms with Crippen LogP contribution in [0.15, 0.2) is 37.5 Å². The molecule has 24 heteroatoms. The van der Waals surface area contributed by atoms with Gasteiger partial charge in [0.05, 0.1) is 25.9 Å². The van der Waals surface area contributed by atoms with Crippen molar-refractivity contribution in [2.45, 2.75) is 55.6 Å². The first-order valence-electron chi connectivity index (χ1n) is 14.8. The standard InChI is InChI=1S/C25H32F2N10O8P2S2/c26-14-18(44-46(40)48)12(6-38)42-24(14)36-10-34-16-20(30-8-32-22(16)36)28-4-2-1-3-5-29-21-17-23(33-9-31-21)37(11-35-17)25-15(27)19(45-47(41)49)13(7-39)43-25/h1-2,8-15,18-19,24-25,38-39,46-47H,3-7H2,(H,40,48)(H,41,49)(H,28,30,32)(H,29,31,33)/b2-1+/t12-,13?,14-,15-,18-,19-,24?,25-/m1/s1. The zero-order valence-corrected chi connectivity index (χ0v) is 29.0. The van der Waals surface area contributed by atoms with Crippen molar-refractivity contribution in [2.75, 3.05) is 36.9 Å². The van der Waals surface area contributed by atoms with Gasteiger partial charge in [-0.1, -0.05) is 36.6 Å². The molecule has 49 heavy (non-hydrogen) atoms. The van der Waals surface area contributed by atoms with Crippen LogP contribution in [0.5, 0.6) is 0 Å². The number of fused-ring (bicyclic) bond motifs is 2. The van der Waals surface area contributed by atoms with E-state index in [0.717, 1.165) is 0 Å². The van der Waals surface area contributed by atoms with Crippen LogP contribution in [0.3, 0.4) is 0 Å². The molecule has 6 rings (SSSR count). The summed E-state index contributed by atoms with van der Waals surface area (Å²) in [6, 6.07) is 0. The summed E-state index contributed by atoms with van der Waals surface area (Å²) in [5, 5.41) is 25.5. The average Bonchev–Trinajstić information content (AvgIpc) is 3.85. The van der Waals surface area contributed by atoms with Crippen LogP contribution in [-0.2, 0) is 27.7 Å². The largest absolute Gasteiger partial charge is 0.394 e. The fraction of sp³-hybridized carbons (Fsp3) is 0.520. The number of aliphatic hydroxyl groups is 2. The quantitative estimate of drug-likeness (QED) is 0.0442. The number of nitrogens with zero attached hydrogens (tertiary/aromatic N) is 8. The first-order valence-corrected chi connectivity index (χ1v) is 20.0. The number of hydrogen-bond donors (Lipinski definition) is 6. The second-order valence-electron chi connectivity index (χ2n) is 10.7. The predicted molar refractivity (Wildman–Crippen MR) is 179 cm³/mol. The number of ether oxygens (including phenoxy) is 2. The second kappa shape index (κ2) is 16.1. The second-order valence-corrected chi connectivity index (χ2v) is 14.5. The molecule has 0 aliphatic carbocycles. The minimum absolute atomic E-state index is 0.283. The lowest BCUT2D eigenvalue weighted by Gasteiger charge is -2.16. The Balaban J connectivity index is 1.03. The molecule has 4 N–H and O–H groups in total. The molecule has 2 fully saturated rings. The smallest absolute Gasteiger partial charge is 0.243 e. The monoisotopic (exact) mass is 764 g/mol. The summed E-state index contributed by atoms with van der Waals surface area (Å²) in [4.78, 5) is 25.6. The third-order valence-electron chi connectivity index (χ3n) is 7.79. The van der Waals surface area contributed by atoms with E-state index in [1.165, 1.54) is 34.4 Å². The fourth-order valence-corrected chi connectivity index (χ4v) is 7.37. The highest BCUT2D eigenvalue weighted by atomic mass is 32.7. The third-order valence-corrected chi connectivity index (χ3v) is 9.37. The van der Waals surface area contributed by atoms with Crippen LogP contribution in [0, 0.1) is 0 Å². The molecule has 0 radical (unpaired) electrons. The number of halogens is 2. The molecule has 2 aliphatic heterocycles. The van der Waals surface area contributed by atoms with Crippen molar-refractivity contribution in [3.05, 3.63) is 37.5 Å². The first kappa shape index (κ1) is 36.0. The Bertz CT molecular complexity index is 1840. The average molecular weight is 765 g/mol. The van der Waals surface area contributed by atoms with Crippen molar-refractivity contribution in [1.29, 1.82) is 0 Å². The van der Waals surface area contributed by atoms with Gasteiger partial charge in [-0.15, -0.1) is 0 Å². The fourth-order valence-electron chi connectivity index (χ4n) is 5.61. The van der Waals surface area contributed by atoms with E-state index in [2.05, 4.69) is 65.0 Å². The van der Waals surface area contributed by atoms with Gasteiger partial charge in [0.2, 0.25) is 14.5 Å². The van der Waals surface area contributed by atoms with Crippen LogP contribution in [0.2, 0.25) is 0 Å². The number of nitrogens with one attached hydrogen (secondary N) is 2. The molecule has 0 spiro atoms. The highest BCUT2D eigenvalue weighted by molar-refractivity contribution is 8.39. The molecule has 0 saturated carbocycles. The Morgan fingerprint density at radius 2 is 1.29 bits per heavy atom. The van der Waals surface area contributed by atoms with Crippen molar-refractivity contribution in [3.63, 3.8) is 0 Å². The number of imidazole rings is 2. The first-order chi connectivity index (χ1) is 23.7. The molecule has 266 valence electrons. The summed E-state index contributed by atoms with van der Waals surface area (Å²) in [5.41, 5.74) is 1.31. The van der Waals surface area contributed by atoms with Gasteiger partial charge in [0.25, 0.3) is 0 Å². The van der Waals surface area contributed by atoms with Crippen LogP contribution < -0.4 is 10.6 Å². The van der Waals surface area contributed by atoms with Gasteiger partial charge in [-0.05, 0) is 6.42 Å². The number of hydrogen-bond acceptors (Lipinski definition) is 16. The van der Waals surface area contributed by atoms with E-state index in [-0.39, 0.29) is 11.3 Å². The summed E-state index contributed by atoms with van der Waals surface area (Å²) in [7, 11) is -5.57. The van der Waals surface area contributed by atoms with Crippen LogP contribution in [-0.4, -0.2) is 112 Å². The number of aliphatic hydroxyl groups excluding tert-OH is 2. The topological polar surface area (TPSA) is 223 Å². The lowest BCUT2D eigenvalue weighted by molar-refractivity contribution is -0.0427. The minimum Gasteiger partial charge on any atom is -0.394 e. The van der Waals surface area contributed by atoms with Gasteiger partial charge < -0.3 is 39.4 Å². The number of thiol groups is 2. The molecular weight excluding hydrogens is 732 g/mol. The van der Waals surface area contributed by atoms with Crippen molar-refractivity contribution < 1.29 is 46.6 Å². The van der Waals surface area contributed by atoms with Gasteiger partial charge in [-0.25, -0.2) is 38.7 Å². The highest BCUT2D eigenvalue weighted by Crippen LogP contribution is 2.42. The Morgan fingerprint density at radius 3 is 1.76 bits per heavy atom. The molecule has 2 aliphatic rings. The van der Waals surface area contributed by atoms with E-state index in [1.54, 1.807) is 0 Å². The van der Waals surface area contributed by atoms with Gasteiger partial charge in [-0.2, -0.15) is 0 Å². The van der Waals surface area contributed by atoms with E-state index in [1.807, 2.05) is 12.2 Å². The summed E-state index contributed by atoms with van der Waals surface area (Å²) < 4.78 is 77.6. The number of alkyl halides is 2. The molecule has 10 atom stereocenters. The van der Waals surface area contributed by atoms with E-state index < -0.39 is 76.9 Å². The Hall–Kier alpha value is -2.78. The highest BCUT2D eigenvalue weighted by Gasteiger charge is 2.49. The third kappa shape index (κ3) is 7.63. The van der Waals surface area contributed by atoms with Gasteiger partial charge in [0, 0.05) is 13.1 Å². The Morgan fingerprint density at radius 1 is 0.796 bits per heavy atom. The van der Waals surface area contributed by atoms with Crippen LogP contribution in [0.1, 0.15) is 18.9 Å². The number of rotatable bonds is 15. The van der Waals surface area contributed by atoms with E-state index >= 15 is 8.78 Å². The minimum atomic E-state index is -2.79. The summed E-state index contributed by atoms with van der Waals surface area (Å²) in [6.07, 6.45) is -0.955. The normalized spacial score (nSPS) is 28.5. The molecule has 2 saturated heterocycles. The van der Waals surface area contributed by atoms with Gasteiger partial charge in [0.1, 0.15) is 37.1 Å². The van der Waals surface area contributed by atoms with Crippen LogP contribution >= 0.6 is 39.0 Å². The van der Waals surface area contributed by atoms with Crippen molar-refractivity contribution in [3.8, 4) is 0 Å². The van der Waals surface area contributed by atoms with Gasteiger partial charge >= 0.3 is 0 Å². The molecule has 6 heterocycles. The zero-order chi connectivity index (χ0) is 34.7. The summed E-state index contributed by atoms with van der Waals surface area (Å²) >= 11 is 7.43. The number of anilines is 2. The predicted octanol–water partition coefficient (Wildman–Crippen LogP) is 2.30. The molecule has 18 nitrogen and oxygen atoms in total. The van der Waals surface area contributed by atoms with Crippen molar-refractivity contribution in [2.24, 2.45) is 0 Å². The molecule has 4 aromatic rings. The Labute approximate surface area is 288 Å². The molecule has 0 amide bonds. The maximum Gasteiger partial charge on any atom is 0.243 e. The van der Waals surface area contributed by atoms with Gasteiger partial charge in [-0.3, -0.25) is 18.3 Å². The van der Waals surface area contributed by atoms with E-state index in [0.29, 0.717) is 42.2 Å². The molecule has 0 bridgehead atoms. The van der Waals surface area contributed by atoms with E-state index in [9.17, 15) is 19.3 Å². The lowest BCUT2D eigenvalue weighted by atomic mass is 10.1. The maximum absolute atomic E-state index is 15.2. The Kier molecular flexibility index (Phi) is 11.8. The van der Waals surface area contributed by atoms with Crippen LogP contribution in [0.4, 0.5) is 20.4 Å². The van der Waals surface area contributed by atoms with E-state index in [4.69, 9.17) is 18.5 Å².